The minimum Gasteiger partial charge on any atom is -0.747 e. The Kier molecular flexibility index (Phi) is 8.17. The van der Waals surface area contributed by atoms with Gasteiger partial charge in [0.15, 0.2) is 5.75 Å². The first-order valence-corrected chi connectivity index (χ1v) is 10.7. The molecule has 0 bridgehead atoms. The lowest BCUT2D eigenvalue weighted by Gasteiger charge is -2.34. The van der Waals surface area contributed by atoms with Gasteiger partial charge in [0, 0.05) is 12.1 Å². The highest BCUT2D eigenvalue weighted by atomic mass is 32.2. The largest absolute Gasteiger partial charge is 0.747 e. The van der Waals surface area contributed by atoms with E-state index in [4.69, 9.17) is 9.62 Å². The first kappa shape index (κ1) is 22.6. The zero-order chi connectivity index (χ0) is 21.5. The van der Waals surface area contributed by atoms with Crippen molar-refractivity contribution < 1.29 is 32.2 Å². The molecule has 1 fully saturated rings. The van der Waals surface area contributed by atoms with Crippen LogP contribution in [0.15, 0.2) is 42.5 Å². The fraction of sp³-hybridized carbons (Fsp3) is 0.429. The molecule has 0 saturated carbocycles. The van der Waals surface area contributed by atoms with Crippen LogP contribution in [-0.4, -0.2) is 45.5 Å². The molecule has 2 aromatic rings. The average molecular weight is 438 g/mol. The van der Waals surface area contributed by atoms with Crippen LogP contribution in [0.5, 0.6) is 11.5 Å². The molecule has 1 aliphatic rings. The van der Waals surface area contributed by atoms with Crippen LogP contribution in [0.3, 0.4) is 0 Å². The van der Waals surface area contributed by atoms with Crippen LogP contribution in [0, 0.1) is 11.7 Å². The highest BCUT2D eigenvalue weighted by molar-refractivity contribution is 7.73. The van der Waals surface area contributed by atoms with Gasteiger partial charge in [0.2, 0.25) is 5.75 Å². The Balaban J connectivity index is 1.56. The van der Waals surface area contributed by atoms with Crippen LogP contribution in [0.2, 0.25) is 0 Å². The molecule has 0 aromatic heterocycles. The van der Waals surface area contributed by atoms with E-state index in [2.05, 4.69) is 9.23 Å². The summed E-state index contributed by atoms with van der Waals surface area (Å²) in [5, 5.41) is 10.9. The van der Waals surface area contributed by atoms with Gasteiger partial charge in [-0.2, -0.15) is 0 Å². The van der Waals surface area contributed by atoms with Gasteiger partial charge in [0.05, 0.1) is 13.2 Å². The number of benzene rings is 2. The molecule has 7 nitrogen and oxygen atoms in total. The number of methoxy groups -OCH3 is 1. The Morgan fingerprint density at radius 3 is 2.57 bits per heavy atom. The van der Waals surface area contributed by atoms with Crippen molar-refractivity contribution in [1.29, 1.82) is 0 Å². The first-order valence-electron chi connectivity index (χ1n) is 9.74. The second-order valence-electron chi connectivity index (χ2n) is 7.23. The molecular formula is C21H25FNO6S-. The number of nitrogens with zero attached hydrogens (tertiary/aromatic N) is 1. The van der Waals surface area contributed by atoms with Crippen molar-refractivity contribution in [3.63, 3.8) is 0 Å². The van der Waals surface area contributed by atoms with Crippen molar-refractivity contribution in [3.8, 4) is 11.5 Å². The van der Waals surface area contributed by atoms with Gasteiger partial charge in [-0.15, -0.1) is 0 Å². The smallest absolute Gasteiger partial charge is 0.208 e. The summed E-state index contributed by atoms with van der Waals surface area (Å²) < 4.78 is 43.6. The maximum Gasteiger partial charge on any atom is 0.208 e. The van der Waals surface area contributed by atoms with Gasteiger partial charge in [0.25, 0.3) is 0 Å². The second-order valence-corrected chi connectivity index (χ2v) is 7.78. The molecule has 164 valence electrons. The van der Waals surface area contributed by atoms with E-state index in [-0.39, 0.29) is 23.2 Å². The highest BCUT2D eigenvalue weighted by Gasteiger charge is 2.29. The van der Waals surface area contributed by atoms with E-state index in [1.807, 2.05) is 0 Å². The summed E-state index contributed by atoms with van der Waals surface area (Å²) in [5.74, 6) is 0.126. The number of likely N-dealkylation sites (tertiary alicyclic amines) is 1. The monoisotopic (exact) mass is 438 g/mol. The van der Waals surface area contributed by atoms with Gasteiger partial charge < -0.3 is 24.2 Å². The molecule has 1 N–H and O–H groups in total. The molecule has 1 heterocycles. The predicted octanol–water partition coefficient (Wildman–Crippen LogP) is 2.93. The Morgan fingerprint density at radius 1 is 1.23 bits per heavy atom. The van der Waals surface area contributed by atoms with Crippen molar-refractivity contribution in [1.82, 2.24) is 4.90 Å². The predicted molar refractivity (Wildman–Crippen MR) is 108 cm³/mol. The maximum absolute atomic E-state index is 13.0. The molecule has 3 rings (SSSR count). The van der Waals surface area contributed by atoms with Crippen LogP contribution < -0.4 is 9.62 Å². The Labute approximate surface area is 177 Å². The van der Waals surface area contributed by atoms with Gasteiger partial charge in [-0.3, -0.25) is 0 Å². The number of hydrogen-bond acceptors (Lipinski definition) is 7. The maximum atomic E-state index is 13.0. The minimum absolute atomic E-state index is 0.0331. The van der Waals surface area contributed by atoms with E-state index >= 15 is 0 Å². The molecule has 9 heteroatoms. The minimum atomic E-state index is -2.83. The van der Waals surface area contributed by atoms with Crippen molar-refractivity contribution in [2.75, 3.05) is 26.7 Å². The van der Waals surface area contributed by atoms with Crippen LogP contribution in [0.4, 0.5) is 4.39 Å². The Bertz CT molecular complexity index is 842. The third-order valence-corrected chi connectivity index (χ3v) is 5.60. The molecule has 1 saturated heterocycles. The van der Waals surface area contributed by atoms with Gasteiger partial charge in [0.1, 0.15) is 17.2 Å². The van der Waals surface area contributed by atoms with Gasteiger partial charge in [-0.1, -0.05) is 28.6 Å². The molecule has 0 spiro atoms. The summed E-state index contributed by atoms with van der Waals surface area (Å²) in [6, 6.07) is 11.4. The number of hydrogen-bond donors (Lipinski definition) is 1. The number of aliphatic hydroxyl groups excluding tert-OH is 1. The molecule has 30 heavy (non-hydrogen) atoms. The highest BCUT2D eigenvalue weighted by Crippen LogP contribution is 2.40. The lowest BCUT2D eigenvalue weighted by atomic mass is 9.87. The van der Waals surface area contributed by atoms with E-state index in [1.54, 1.807) is 24.3 Å². The normalized spacial score (nSPS) is 17.5. The van der Waals surface area contributed by atoms with Gasteiger partial charge in [-0.25, -0.2) is 8.60 Å². The summed E-state index contributed by atoms with van der Waals surface area (Å²) in [6.07, 6.45) is 1.68. The van der Waals surface area contributed by atoms with E-state index in [1.165, 1.54) is 25.3 Å². The van der Waals surface area contributed by atoms with E-state index in [9.17, 15) is 18.3 Å². The molecule has 2 aromatic carbocycles. The zero-order valence-electron chi connectivity index (χ0n) is 16.7. The summed E-state index contributed by atoms with van der Waals surface area (Å²) in [7, 11) is 1.42. The fourth-order valence-corrected chi connectivity index (χ4v) is 3.93. The average Bonchev–Trinajstić information content (AvgIpc) is 2.76. The Morgan fingerprint density at radius 2 is 1.93 bits per heavy atom. The molecule has 2 atom stereocenters. The lowest BCUT2D eigenvalue weighted by Crippen LogP contribution is -2.36. The van der Waals surface area contributed by atoms with Crippen LogP contribution in [-0.2, 0) is 22.1 Å². The number of para-hydroxylation sites is 1. The van der Waals surface area contributed by atoms with E-state index in [0.29, 0.717) is 5.56 Å². The summed E-state index contributed by atoms with van der Waals surface area (Å²) in [6.45, 7) is 2.57. The zero-order valence-corrected chi connectivity index (χ0v) is 17.5. The van der Waals surface area contributed by atoms with Gasteiger partial charge >= 0.3 is 0 Å². The SMILES string of the molecule is COc1c(OOS(=O)[O-])cccc1C(O)C1CCN(CCc2ccc(F)cc2)CC1. The van der Waals surface area contributed by atoms with Crippen LogP contribution in [0.25, 0.3) is 0 Å². The van der Waals surface area contributed by atoms with Crippen LogP contribution in [0.1, 0.15) is 30.1 Å². The fourth-order valence-electron chi connectivity index (χ4n) is 3.80. The van der Waals surface area contributed by atoms with Gasteiger partial charge in [-0.05, 0) is 62.0 Å². The number of rotatable bonds is 9. The molecule has 0 aliphatic carbocycles. The summed E-state index contributed by atoms with van der Waals surface area (Å²) >= 11 is -2.83. The topological polar surface area (TPSA) is 91.3 Å². The molecule has 0 radical (unpaired) electrons. The second kappa shape index (κ2) is 10.8. The number of aliphatic hydroxyl groups is 1. The van der Waals surface area contributed by atoms with Crippen molar-refractivity contribution in [2.45, 2.75) is 25.4 Å². The van der Waals surface area contributed by atoms with Crippen molar-refractivity contribution >= 4 is 11.4 Å². The molecule has 2 unspecified atom stereocenters. The molecular weight excluding hydrogens is 413 g/mol. The summed E-state index contributed by atoms with van der Waals surface area (Å²) in [5.41, 5.74) is 1.63. The first-order chi connectivity index (χ1) is 14.5. The lowest BCUT2D eigenvalue weighted by molar-refractivity contribution is -0.0965. The third-order valence-electron chi connectivity index (χ3n) is 5.42. The van der Waals surface area contributed by atoms with Crippen molar-refractivity contribution in [3.05, 3.63) is 59.4 Å². The third kappa shape index (κ3) is 5.99. The van der Waals surface area contributed by atoms with Crippen molar-refractivity contribution in [2.24, 2.45) is 5.92 Å². The van der Waals surface area contributed by atoms with E-state index in [0.717, 1.165) is 44.5 Å². The molecule has 1 aliphatic heterocycles. The Hall–Kier alpha value is -2.04. The molecule has 0 amide bonds. The quantitative estimate of drug-likeness (QED) is 0.366. The number of piperidine rings is 1. The summed E-state index contributed by atoms with van der Waals surface area (Å²) in [4.78, 5) is 7.12. The van der Waals surface area contributed by atoms with Crippen LogP contribution >= 0.6 is 0 Å². The number of ether oxygens (including phenoxy) is 1. The van der Waals surface area contributed by atoms with E-state index < -0.39 is 17.5 Å². The standard InChI is InChI=1S/C21H26FNO6S/c1-27-21-18(3-2-4-19(21)28-29-30(25)26)20(24)16-10-13-23(14-11-16)12-9-15-5-7-17(22)8-6-15/h2-8,16,20,24H,9-14H2,1H3,(H,25,26)/p-1. The number of halogens is 1.